The molecule has 27 heavy (non-hydrogen) atoms. The quantitative estimate of drug-likeness (QED) is 0.814. The number of carboxylic acids is 1. The van der Waals surface area contributed by atoms with E-state index in [-0.39, 0.29) is 36.3 Å². The summed E-state index contributed by atoms with van der Waals surface area (Å²) in [5.74, 6) is -0.729. The first-order valence-corrected chi connectivity index (χ1v) is 8.80. The van der Waals surface area contributed by atoms with Gasteiger partial charge in [0.1, 0.15) is 17.1 Å². The van der Waals surface area contributed by atoms with E-state index in [0.29, 0.717) is 24.4 Å². The zero-order valence-corrected chi connectivity index (χ0v) is 15.3. The molecule has 2 amide bonds. The number of furan rings is 1. The van der Waals surface area contributed by atoms with Crippen LogP contribution in [0.5, 0.6) is 0 Å². The van der Waals surface area contributed by atoms with Crippen LogP contribution in [0.25, 0.3) is 0 Å². The molecule has 7 nitrogen and oxygen atoms in total. The van der Waals surface area contributed by atoms with Crippen molar-refractivity contribution in [3.05, 3.63) is 53.0 Å². The van der Waals surface area contributed by atoms with Crippen molar-refractivity contribution in [3.63, 3.8) is 0 Å². The number of hydrogen-bond donors (Lipinski definition) is 2. The highest BCUT2D eigenvalue weighted by atomic mass is 16.4. The standard InChI is InChI=1S/C20H22N2O5/c1-12-16(20(25)26)10-15(27-12)11-22(2)18(23)8-7-14-9-13-5-3-4-6-17(13)21-19(14)24/h3-6,10,14H,7-9,11H2,1-2H3,(H,21,24)(H,25,26). The van der Waals surface area contributed by atoms with Gasteiger partial charge in [-0.05, 0) is 37.5 Å². The molecular weight excluding hydrogens is 348 g/mol. The Hall–Kier alpha value is -3.09. The second kappa shape index (κ2) is 7.65. The minimum Gasteiger partial charge on any atom is -0.478 e. The molecular formula is C20H22N2O5. The number of nitrogens with zero attached hydrogens (tertiary/aromatic N) is 1. The molecule has 0 spiro atoms. The van der Waals surface area contributed by atoms with Gasteiger partial charge in [0.25, 0.3) is 0 Å². The van der Waals surface area contributed by atoms with E-state index in [0.717, 1.165) is 11.3 Å². The number of anilines is 1. The van der Waals surface area contributed by atoms with Crippen LogP contribution < -0.4 is 5.32 Å². The number of carboxylic acid groups (broad SMARTS) is 1. The zero-order chi connectivity index (χ0) is 19.6. The molecule has 0 aliphatic carbocycles. The van der Waals surface area contributed by atoms with Gasteiger partial charge in [-0.15, -0.1) is 0 Å². The van der Waals surface area contributed by atoms with Gasteiger partial charge in [-0.2, -0.15) is 0 Å². The molecule has 1 aromatic carbocycles. The maximum Gasteiger partial charge on any atom is 0.339 e. The molecule has 0 saturated carbocycles. The number of carbonyl (C=O) groups is 3. The summed E-state index contributed by atoms with van der Waals surface area (Å²) in [6.07, 6.45) is 1.32. The van der Waals surface area contributed by atoms with Crippen LogP contribution in [0, 0.1) is 12.8 Å². The van der Waals surface area contributed by atoms with E-state index in [9.17, 15) is 14.4 Å². The fourth-order valence-corrected chi connectivity index (χ4v) is 3.29. The van der Waals surface area contributed by atoms with Gasteiger partial charge in [-0.1, -0.05) is 18.2 Å². The first-order valence-electron chi connectivity index (χ1n) is 8.80. The minimum atomic E-state index is -1.06. The fourth-order valence-electron chi connectivity index (χ4n) is 3.29. The third kappa shape index (κ3) is 4.19. The molecule has 0 saturated heterocycles. The number of para-hydroxylation sites is 1. The predicted octanol–water partition coefficient (Wildman–Crippen LogP) is 2.84. The molecule has 0 fully saturated rings. The topological polar surface area (TPSA) is 99.9 Å². The van der Waals surface area contributed by atoms with Gasteiger partial charge in [0.05, 0.1) is 6.54 Å². The Labute approximate surface area is 157 Å². The van der Waals surface area contributed by atoms with Gasteiger partial charge in [0, 0.05) is 25.1 Å². The number of rotatable bonds is 6. The van der Waals surface area contributed by atoms with E-state index in [1.165, 1.54) is 11.0 Å². The molecule has 1 atom stereocenters. The number of fused-ring (bicyclic) bond motifs is 1. The summed E-state index contributed by atoms with van der Waals surface area (Å²) < 4.78 is 5.41. The van der Waals surface area contributed by atoms with E-state index in [1.54, 1.807) is 14.0 Å². The van der Waals surface area contributed by atoms with Crippen molar-refractivity contribution in [2.24, 2.45) is 5.92 Å². The third-order valence-electron chi connectivity index (χ3n) is 4.84. The summed E-state index contributed by atoms with van der Waals surface area (Å²) in [6.45, 7) is 1.76. The number of carbonyl (C=O) groups excluding carboxylic acids is 2. The number of nitrogens with one attached hydrogen (secondary N) is 1. The number of hydrogen-bond acceptors (Lipinski definition) is 4. The van der Waals surface area contributed by atoms with E-state index < -0.39 is 5.97 Å². The molecule has 1 aromatic heterocycles. The predicted molar refractivity (Wildman–Crippen MR) is 98.4 cm³/mol. The Bertz CT molecular complexity index is 886. The van der Waals surface area contributed by atoms with Crippen LogP contribution in [0.1, 0.15) is 40.3 Å². The number of benzene rings is 1. The van der Waals surface area contributed by atoms with Crippen LogP contribution in [0.2, 0.25) is 0 Å². The molecule has 0 radical (unpaired) electrons. The van der Waals surface area contributed by atoms with Crippen molar-refractivity contribution in [2.45, 2.75) is 32.7 Å². The maximum atomic E-state index is 12.4. The van der Waals surface area contributed by atoms with E-state index in [2.05, 4.69) is 5.32 Å². The first-order chi connectivity index (χ1) is 12.8. The number of aromatic carboxylic acids is 1. The molecule has 2 N–H and O–H groups in total. The van der Waals surface area contributed by atoms with Crippen LogP contribution >= 0.6 is 0 Å². The highest BCUT2D eigenvalue weighted by Gasteiger charge is 2.27. The Morgan fingerprint density at radius 3 is 2.78 bits per heavy atom. The van der Waals surface area contributed by atoms with Crippen molar-refractivity contribution in [3.8, 4) is 0 Å². The zero-order valence-electron chi connectivity index (χ0n) is 15.3. The second-order valence-electron chi connectivity index (χ2n) is 6.82. The Balaban J connectivity index is 1.55. The lowest BCUT2D eigenvalue weighted by Crippen LogP contribution is -2.32. The van der Waals surface area contributed by atoms with Gasteiger partial charge in [0.2, 0.25) is 11.8 Å². The molecule has 2 heterocycles. The summed E-state index contributed by atoms with van der Waals surface area (Å²) in [5.41, 5.74) is 2.02. The highest BCUT2D eigenvalue weighted by Crippen LogP contribution is 2.27. The SMILES string of the molecule is Cc1oc(CN(C)C(=O)CCC2Cc3ccccc3NC2=O)cc1C(=O)O. The molecule has 3 rings (SSSR count). The summed E-state index contributed by atoms with van der Waals surface area (Å²) in [4.78, 5) is 37.2. The monoisotopic (exact) mass is 370 g/mol. The average molecular weight is 370 g/mol. The molecule has 1 unspecified atom stereocenters. The van der Waals surface area contributed by atoms with E-state index in [4.69, 9.17) is 9.52 Å². The Kier molecular flexibility index (Phi) is 5.30. The maximum absolute atomic E-state index is 12.4. The third-order valence-corrected chi connectivity index (χ3v) is 4.84. The van der Waals surface area contributed by atoms with Gasteiger partial charge in [-0.3, -0.25) is 9.59 Å². The minimum absolute atomic E-state index is 0.0584. The normalized spacial score (nSPS) is 15.8. The van der Waals surface area contributed by atoms with Crippen LogP contribution in [0.15, 0.2) is 34.7 Å². The van der Waals surface area contributed by atoms with Crippen molar-refractivity contribution in [2.75, 3.05) is 12.4 Å². The molecule has 2 aromatic rings. The fraction of sp³-hybridized carbons (Fsp3) is 0.350. The lowest BCUT2D eigenvalue weighted by Gasteiger charge is -2.25. The summed E-state index contributed by atoms with van der Waals surface area (Å²) >= 11 is 0. The lowest BCUT2D eigenvalue weighted by molar-refractivity contribution is -0.131. The van der Waals surface area contributed by atoms with Crippen LogP contribution in [-0.4, -0.2) is 34.8 Å². The first kappa shape index (κ1) is 18.7. The average Bonchev–Trinajstić information content (AvgIpc) is 3.00. The van der Waals surface area contributed by atoms with Gasteiger partial charge >= 0.3 is 5.97 Å². The van der Waals surface area contributed by atoms with Crippen LogP contribution in [0.4, 0.5) is 5.69 Å². The number of aryl methyl sites for hydroxylation is 1. The van der Waals surface area contributed by atoms with Crippen LogP contribution in [0.3, 0.4) is 0 Å². The van der Waals surface area contributed by atoms with E-state index >= 15 is 0 Å². The van der Waals surface area contributed by atoms with Crippen molar-refractivity contribution in [1.82, 2.24) is 4.90 Å². The van der Waals surface area contributed by atoms with Gasteiger partial charge in [0.15, 0.2) is 0 Å². The second-order valence-corrected chi connectivity index (χ2v) is 6.82. The molecule has 1 aliphatic heterocycles. The largest absolute Gasteiger partial charge is 0.478 e. The van der Waals surface area contributed by atoms with Gasteiger partial charge < -0.3 is 19.7 Å². The highest BCUT2D eigenvalue weighted by molar-refractivity contribution is 5.96. The molecule has 1 aliphatic rings. The Morgan fingerprint density at radius 2 is 2.07 bits per heavy atom. The van der Waals surface area contributed by atoms with Crippen LogP contribution in [-0.2, 0) is 22.6 Å². The Morgan fingerprint density at radius 1 is 1.33 bits per heavy atom. The van der Waals surface area contributed by atoms with Crippen molar-refractivity contribution >= 4 is 23.5 Å². The van der Waals surface area contributed by atoms with Gasteiger partial charge in [-0.25, -0.2) is 4.79 Å². The summed E-state index contributed by atoms with van der Waals surface area (Å²) in [5, 5.41) is 12.0. The summed E-state index contributed by atoms with van der Waals surface area (Å²) in [7, 11) is 1.64. The molecule has 142 valence electrons. The lowest BCUT2D eigenvalue weighted by atomic mass is 9.89. The van der Waals surface area contributed by atoms with E-state index in [1.807, 2.05) is 24.3 Å². The smallest absolute Gasteiger partial charge is 0.339 e. The summed E-state index contributed by atoms with van der Waals surface area (Å²) in [6, 6.07) is 9.11. The molecule has 7 heteroatoms. The van der Waals surface area contributed by atoms with Crippen molar-refractivity contribution < 1.29 is 23.9 Å². The molecule has 0 bridgehead atoms. The number of amides is 2. The van der Waals surface area contributed by atoms with Crippen molar-refractivity contribution in [1.29, 1.82) is 0 Å².